The van der Waals surface area contributed by atoms with Gasteiger partial charge in [0.05, 0.1) is 22.4 Å². The highest BCUT2D eigenvalue weighted by molar-refractivity contribution is 5.91. The van der Waals surface area contributed by atoms with Crippen molar-refractivity contribution in [2.45, 2.75) is 0 Å². The molecule has 0 saturated carbocycles. The molecule has 0 amide bonds. The van der Waals surface area contributed by atoms with Gasteiger partial charge in [-0.05, 0) is 64.4 Å². The van der Waals surface area contributed by atoms with Crippen LogP contribution in [0.15, 0.2) is 182 Å². The summed E-state index contributed by atoms with van der Waals surface area (Å²) in [6, 6.07) is 63.2. The second-order valence-electron chi connectivity index (χ2n) is 12.1. The lowest BCUT2D eigenvalue weighted by molar-refractivity contribution is 1.10. The molecule has 9 aromatic rings. The van der Waals surface area contributed by atoms with Gasteiger partial charge in [-0.25, -0.2) is 15.0 Å². The van der Waals surface area contributed by atoms with E-state index in [1.165, 1.54) is 16.3 Å². The summed E-state index contributed by atoms with van der Waals surface area (Å²) in [5.74, 6) is 1.57. The average Bonchev–Trinajstić information content (AvgIpc) is 3.58. The second kappa shape index (κ2) is 12.2. The molecule has 0 bridgehead atoms. The third kappa shape index (κ3) is 5.45. The van der Waals surface area contributed by atoms with Gasteiger partial charge in [-0.3, -0.25) is 4.57 Å². The Bertz CT molecular complexity index is 2530. The minimum Gasteiger partial charge on any atom is -0.292 e. The Balaban J connectivity index is 1.20. The molecule has 230 valence electrons. The summed E-state index contributed by atoms with van der Waals surface area (Å²) in [4.78, 5) is 15.4. The molecule has 4 heteroatoms. The van der Waals surface area contributed by atoms with Gasteiger partial charge >= 0.3 is 0 Å². The highest BCUT2D eigenvalue weighted by atomic mass is 15.1. The van der Waals surface area contributed by atoms with Gasteiger partial charge in [-0.2, -0.15) is 0 Å². The molecule has 0 saturated heterocycles. The van der Waals surface area contributed by atoms with Crippen LogP contribution in [-0.2, 0) is 0 Å². The quantitative estimate of drug-likeness (QED) is 0.184. The molecule has 0 aliphatic carbocycles. The predicted molar refractivity (Wildman–Crippen MR) is 201 cm³/mol. The van der Waals surface area contributed by atoms with Crippen LogP contribution in [0.5, 0.6) is 0 Å². The van der Waals surface area contributed by atoms with Crippen LogP contribution in [0.25, 0.3) is 83.9 Å². The van der Waals surface area contributed by atoms with E-state index < -0.39 is 0 Å². The Morgan fingerprint density at radius 2 is 0.939 bits per heavy atom. The molecule has 2 heterocycles. The lowest BCUT2D eigenvalue weighted by atomic mass is 10.0. The van der Waals surface area contributed by atoms with Gasteiger partial charge in [0.1, 0.15) is 5.82 Å². The fourth-order valence-electron chi connectivity index (χ4n) is 6.55. The third-order valence-electron chi connectivity index (χ3n) is 9.00. The summed E-state index contributed by atoms with van der Waals surface area (Å²) in [5, 5.41) is 2.46. The van der Waals surface area contributed by atoms with Crippen LogP contribution in [0.1, 0.15) is 0 Å². The Morgan fingerprint density at radius 3 is 1.71 bits per heavy atom. The predicted octanol–water partition coefficient (Wildman–Crippen LogP) is 11.3. The van der Waals surface area contributed by atoms with E-state index in [0.717, 1.165) is 61.8 Å². The van der Waals surface area contributed by atoms with Crippen molar-refractivity contribution in [2.75, 3.05) is 0 Å². The van der Waals surface area contributed by atoms with Crippen LogP contribution < -0.4 is 0 Å². The van der Waals surface area contributed by atoms with E-state index in [0.29, 0.717) is 5.82 Å². The largest absolute Gasteiger partial charge is 0.292 e. The van der Waals surface area contributed by atoms with Gasteiger partial charge in [-0.15, -0.1) is 0 Å². The molecule has 2 aromatic heterocycles. The van der Waals surface area contributed by atoms with E-state index in [1.807, 2.05) is 42.5 Å². The molecule has 0 atom stereocenters. The summed E-state index contributed by atoms with van der Waals surface area (Å²) >= 11 is 0. The van der Waals surface area contributed by atoms with E-state index in [4.69, 9.17) is 15.0 Å². The van der Waals surface area contributed by atoms with Crippen molar-refractivity contribution in [1.82, 2.24) is 19.5 Å². The normalized spacial score (nSPS) is 11.3. The maximum atomic E-state index is 5.30. The number of hydrogen-bond acceptors (Lipinski definition) is 3. The van der Waals surface area contributed by atoms with Crippen molar-refractivity contribution in [2.24, 2.45) is 0 Å². The molecule has 7 aromatic carbocycles. The average molecular weight is 627 g/mol. The van der Waals surface area contributed by atoms with Crippen molar-refractivity contribution in [3.05, 3.63) is 182 Å². The first-order valence-electron chi connectivity index (χ1n) is 16.4. The number of hydrogen-bond donors (Lipinski definition) is 0. The summed E-state index contributed by atoms with van der Waals surface area (Å²) in [5.41, 5.74) is 11.1. The number of benzene rings is 7. The molecule has 0 aliphatic heterocycles. The van der Waals surface area contributed by atoms with Crippen molar-refractivity contribution in [3.63, 3.8) is 0 Å². The molecule has 0 spiro atoms. The highest BCUT2D eigenvalue weighted by Gasteiger charge is 2.17. The van der Waals surface area contributed by atoms with Crippen molar-refractivity contribution >= 4 is 21.8 Å². The third-order valence-corrected chi connectivity index (χ3v) is 9.00. The minimum absolute atomic E-state index is 0.695. The molecule has 0 N–H and O–H groups in total. The van der Waals surface area contributed by atoms with Crippen LogP contribution in [0, 0.1) is 0 Å². The molecular formula is C45H30N4. The van der Waals surface area contributed by atoms with Crippen LogP contribution in [0.4, 0.5) is 0 Å². The molecule has 0 radical (unpaired) electrons. The first-order valence-corrected chi connectivity index (χ1v) is 16.4. The lowest BCUT2D eigenvalue weighted by Crippen LogP contribution is -1.98. The fourth-order valence-corrected chi connectivity index (χ4v) is 6.55. The Labute approximate surface area is 284 Å². The summed E-state index contributed by atoms with van der Waals surface area (Å²) < 4.78 is 2.25. The van der Waals surface area contributed by atoms with Crippen LogP contribution in [-0.4, -0.2) is 19.5 Å². The smallest absolute Gasteiger partial charge is 0.160 e. The standard InChI is InChI=1S/C45H30N4/c1-4-14-32(15-5-1)40-30-41(47-44(46-40)33-16-6-2-7-17-33)37-19-12-20-38(28-37)45-48-42-29-36(35-24-23-31-13-10-11-18-34(31)27-35)25-26-43(42)49(45)39-21-8-3-9-22-39/h1-30H. The first-order chi connectivity index (χ1) is 24.3. The van der Waals surface area contributed by atoms with E-state index in [-0.39, 0.29) is 0 Å². The van der Waals surface area contributed by atoms with Gasteiger partial charge in [0, 0.05) is 27.9 Å². The zero-order valence-electron chi connectivity index (χ0n) is 26.6. The van der Waals surface area contributed by atoms with Crippen molar-refractivity contribution in [1.29, 1.82) is 0 Å². The fraction of sp³-hybridized carbons (Fsp3) is 0. The van der Waals surface area contributed by atoms with E-state index in [9.17, 15) is 0 Å². The SMILES string of the molecule is c1ccc(-c2cc(-c3cccc(-c4nc5cc(-c6ccc7ccccc7c6)ccc5n4-c4ccccc4)c3)nc(-c3ccccc3)n2)cc1. The summed E-state index contributed by atoms with van der Waals surface area (Å²) in [7, 11) is 0. The first kappa shape index (κ1) is 28.6. The molecular weight excluding hydrogens is 597 g/mol. The lowest BCUT2D eigenvalue weighted by Gasteiger charge is -2.12. The van der Waals surface area contributed by atoms with Gasteiger partial charge in [0.25, 0.3) is 0 Å². The van der Waals surface area contributed by atoms with Gasteiger partial charge in [0.2, 0.25) is 0 Å². The zero-order valence-corrected chi connectivity index (χ0v) is 26.6. The highest BCUT2D eigenvalue weighted by Crippen LogP contribution is 2.35. The summed E-state index contributed by atoms with van der Waals surface area (Å²) in [6.07, 6.45) is 0. The van der Waals surface area contributed by atoms with Crippen LogP contribution >= 0.6 is 0 Å². The Hall–Kier alpha value is -6.65. The monoisotopic (exact) mass is 626 g/mol. The number of nitrogens with zero attached hydrogens (tertiary/aromatic N) is 4. The van der Waals surface area contributed by atoms with Gasteiger partial charge < -0.3 is 0 Å². The van der Waals surface area contributed by atoms with Gasteiger partial charge in [0.15, 0.2) is 5.82 Å². The molecule has 0 aliphatic rings. The topological polar surface area (TPSA) is 43.6 Å². The van der Waals surface area contributed by atoms with E-state index in [2.05, 4.69) is 144 Å². The maximum absolute atomic E-state index is 5.30. The molecule has 0 fully saturated rings. The van der Waals surface area contributed by atoms with E-state index in [1.54, 1.807) is 0 Å². The van der Waals surface area contributed by atoms with Crippen LogP contribution in [0.2, 0.25) is 0 Å². The zero-order chi connectivity index (χ0) is 32.6. The molecule has 0 unspecified atom stereocenters. The molecule has 4 nitrogen and oxygen atoms in total. The number of aromatic nitrogens is 4. The Kier molecular flexibility index (Phi) is 7.10. The number of imidazole rings is 1. The van der Waals surface area contributed by atoms with E-state index >= 15 is 0 Å². The molecule has 9 rings (SSSR count). The Morgan fingerprint density at radius 1 is 0.347 bits per heavy atom. The number of rotatable bonds is 6. The number of para-hydroxylation sites is 1. The van der Waals surface area contributed by atoms with Crippen molar-refractivity contribution < 1.29 is 0 Å². The van der Waals surface area contributed by atoms with Crippen LogP contribution in [0.3, 0.4) is 0 Å². The minimum atomic E-state index is 0.695. The maximum Gasteiger partial charge on any atom is 0.160 e. The van der Waals surface area contributed by atoms with Gasteiger partial charge in [-0.1, -0.05) is 140 Å². The second-order valence-corrected chi connectivity index (χ2v) is 12.1. The molecule has 49 heavy (non-hydrogen) atoms. The summed E-state index contributed by atoms with van der Waals surface area (Å²) in [6.45, 7) is 0. The van der Waals surface area contributed by atoms with Crippen molar-refractivity contribution in [3.8, 4) is 62.1 Å². The number of fused-ring (bicyclic) bond motifs is 2.